The minimum absolute atomic E-state index is 0.605. The molecule has 296 valence electrons. The van der Waals surface area contributed by atoms with E-state index in [9.17, 15) is 0 Å². The third-order valence-corrected chi connectivity index (χ3v) is 12.3. The lowest BCUT2D eigenvalue weighted by atomic mass is 9.98. The number of aromatic nitrogens is 5. The minimum Gasteiger partial charge on any atom is -0.309 e. The molecule has 0 aliphatic carbocycles. The van der Waals surface area contributed by atoms with Crippen LogP contribution in [-0.4, -0.2) is 24.1 Å². The van der Waals surface area contributed by atoms with Crippen molar-refractivity contribution in [3.05, 3.63) is 224 Å². The topological polar surface area (TPSA) is 48.5 Å². The van der Waals surface area contributed by atoms with Gasteiger partial charge in [-0.2, -0.15) is 0 Å². The van der Waals surface area contributed by atoms with E-state index in [1.54, 1.807) is 0 Å². The van der Waals surface area contributed by atoms with Crippen LogP contribution in [0.25, 0.3) is 111 Å². The molecule has 0 unspecified atom stereocenters. The van der Waals surface area contributed by atoms with E-state index in [4.69, 9.17) is 15.0 Å². The minimum atomic E-state index is 0.605. The molecule has 0 saturated carbocycles. The molecule has 3 heterocycles. The van der Waals surface area contributed by atoms with Crippen LogP contribution in [0.3, 0.4) is 0 Å². The molecular formula is C58H39N5. The second-order valence-corrected chi connectivity index (χ2v) is 16.1. The Morgan fingerprint density at radius 2 is 0.841 bits per heavy atom. The van der Waals surface area contributed by atoms with E-state index >= 15 is 0 Å². The van der Waals surface area contributed by atoms with Gasteiger partial charge in [0.05, 0.1) is 27.8 Å². The van der Waals surface area contributed by atoms with Crippen molar-refractivity contribution in [1.82, 2.24) is 24.1 Å². The van der Waals surface area contributed by atoms with Gasteiger partial charge in [0.2, 0.25) is 0 Å². The lowest BCUT2D eigenvalue weighted by Gasteiger charge is -2.16. The highest BCUT2D eigenvalue weighted by Gasteiger charge is 2.22. The molecule has 0 radical (unpaired) electrons. The summed E-state index contributed by atoms with van der Waals surface area (Å²) < 4.78 is 4.85. The molecule has 0 bridgehead atoms. The lowest BCUT2D eigenvalue weighted by Crippen LogP contribution is -2.02. The second-order valence-electron chi connectivity index (χ2n) is 16.1. The average Bonchev–Trinajstić information content (AvgIpc) is 3.87. The van der Waals surface area contributed by atoms with E-state index in [2.05, 4.69) is 210 Å². The summed E-state index contributed by atoms with van der Waals surface area (Å²) in [6.07, 6.45) is 0. The van der Waals surface area contributed by atoms with Crippen LogP contribution in [0.1, 0.15) is 5.56 Å². The highest BCUT2D eigenvalue weighted by Crippen LogP contribution is 2.42. The van der Waals surface area contributed by atoms with Crippen LogP contribution >= 0.6 is 0 Å². The van der Waals surface area contributed by atoms with E-state index in [1.807, 2.05) is 24.3 Å². The molecule has 3 aromatic heterocycles. The van der Waals surface area contributed by atoms with Gasteiger partial charge in [0.25, 0.3) is 0 Å². The molecule has 0 aliphatic heterocycles. The standard InChI is InChI=1S/C58H39N5/c1-38-28-34-47-46-22-11-13-24-50(46)63(54(47)36-38)53-27-15-26-52-55(53)48-23-12-14-25-51(48)62(52)44-33-35-45(41-18-7-3-8-19-41)49(37-44)58-60-56(42-20-9-4-10-21-42)59-57(61-58)43-31-29-40(30-32-43)39-16-5-2-6-17-39/h2-37H,1H3. The highest BCUT2D eigenvalue weighted by molar-refractivity contribution is 6.16. The first-order valence-electron chi connectivity index (χ1n) is 21.4. The second kappa shape index (κ2) is 14.9. The lowest BCUT2D eigenvalue weighted by molar-refractivity contribution is 1.07. The zero-order valence-corrected chi connectivity index (χ0v) is 34.5. The zero-order valence-electron chi connectivity index (χ0n) is 34.5. The fraction of sp³-hybridized carbons (Fsp3) is 0.0172. The Bertz CT molecular complexity index is 3660. The van der Waals surface area contributed by atoms with Crippen LogP contribution in [0, 0.1) is 6.92 Å². The molecule has 0 aliphatic rings. The number of fused-ring (bicyclic) bond motifs is 6. The molecule has 0 amide bonds. The SMILES string of the molecule is Cc1ccc2c3ccccc3n(-c3cccc4c3c3ccccc3n4-c3ccc(-c4ccccc4)c(-c4nc(-c5ccccc5)nc(-c5ccc(-c6ccccc6)cc5)n4)c3)c2c1. The van der Waals surface area contributed by atoms with E-state index in [-0.39, 0.29) is 0 Å². The van der Waals surface area contributed by atoms with Crippen molar-refractivity contribution < 1.29 is 0 Å². The van der Waals surface area contributed by atoms with Gasteiger partial charge < -0.3 is 9.13 Å². The number of para-hydroxylation sites is 2. The van der Waals surface area contributed by atoms with Gasteiger partial charge in [-0.15, -0.1) is 0 Å². The number of rotatable bonds is 7. The average molecular weight is 806 g/mol. The zero-order chi connectivity index (χ0) is 41.9. The molecule has 0 N–H and O–H groups in total. The van der Waals surface area contributed by atoms with E-state index < -0.39 is 0 Å². The maximum absolute atomic E-state index is 5.31. The van der Waals surface area contributed by atoms with Crippen LogP contribution in [0.2, 0.25) is 0 Å². The number of hydrogen-bond donors (Lipinski definition) is 0. The van der Waals surface area contributed by atoms with Gasteiger partial charge >= 0.3 is 0 Å². The van der Waals surface area contributed by atoms with Gasteiger partial charge in [-0.05, 0) is 77.2 Å². The van der Waals surface area contributed by atoms with Gasteiger partial charge in [0, 0.05) is 43.9 Å². The van der Waals surface area contributed by atoms with Gasteiger partial charge in [0.15, 0.2) is 17.5 Å². The largest absolute Gasteiger partial charge is 0.309 e. The van der Waals surface area contributed by atoms with Crippen LogP contribution in [0.4, 0.5) is 0 Å². The summed E-state index contributed by atoms with van der Waals surface area (Å²) >= 11 is 0. The molecule has 5 heteroatoms. The monoisotopic (exact) mass is 805 g/mol. The van der Waals surface area contributed by atoms with Crippen molar-refractivity contribution in [2.45, 2.75) is 6.92 Å². The van der Waals surface area contributed by atoms with Crippen LogP contribution in [-0.2, 0) is 0 Å². The first kappa shape index (κ1) is 36.4. The van der Waals surface area contributed by atoms with Gasteiger partial charge in [-0.1, -0.05) is 176 Å². The summed E-state index contributed by atoms with van der Waals surface area (Å²) in [6.45, 7) is 2.17. The summed E-state index contributed by atoms with van der Waals surface area (Å²) in [5, 5.41) is 4.87. The van der Waals surface area contributed by atoms with Crippen LogP contribution < -0.4 is 0 Å². The smallest absolute Gasteiger partial charge is 0.164 e. The molecule has 12 aromatic rings. The van der Waals surface area contributed by atoms with Gasteiger partial charge in [-0.25, -0.2) is 15.0 Å². The summed E-state index contributed by atoms with van der Waals surface area (Å²) in [4.78, 5) is 15.7. The summed E-state index contributed by atoms with van der Waals surface area (Å²) in [7, 11) is 0. The fourth-order valence-electron chi connectivity index (χ4n) is 9.31. The number of benzene rings is 9. The van der Waals surface area contributed by atoms with Crippen molar-refractivity contribution in [1.29, 1.82) is 0 Å². The number of hydrogen-bond acceptors (Lipinski definition) is 3. The van der Waals surface area contributed by atoms with Gasteiger partial charge in [-0.3, -0.25) is 0 Å². The molecule has 0 atom stereocenters. The van der Waals surface area contributed by atoms with E-state index in [0.717, 1.165) is 61.4 Å². The molecule has 0 spiro atoms. The van der Waals surface area contributed by atoms with E-state index in [1.165, 1.54) is 38.1 Å². The number of nitrogens with zero attached hydrogens (tertiary/aromatic N) is 5. The summed E-state index contributed by atoms with van der Waals surface area (Å²) in [5.74, 6) is 1.84. The molecule has 5 nitrogen and oxygen atoms in total. The first-order chi connectivity index (χ1) is 31.2. The first-order valence-corrected chi connectivity index (χ1v) is 21.4. The van der Waals surface area contributed by atoms with Crippen molar-refractivity contribution in [2.24, 2.45) is 0 Å². The number of aryl methyl sites for hydroxylation is 1. The van der Waals surface area contributed by atoms with E-state index in [0.29, 0.717) is 17.5 Å². The van der Waals surface area contributed by atoms with Crippen molar-refractivity contribution in [2.75, 3.05) is 0 Å². The Morgan fingerprint density at radius 1 is 0.317 bits per heavy atom. The fourth-order valence-corrected chi connectivity index (χ4v) is 9.31. The molecule has 63 heavy (non-hydrogen) atoms. The Hall–Kier alpha value is -8.41. The molecule has 12 rings (SSSR count). The predicted octanol–water partition coefficient (Wildman–Crippen LogP) is 14.7. The molecular weight excluding hydrogens is 767 g/mol. The van der Waals surface area contributed by atoms with Crippen molar-refractivity contribution in [3.63, 3.8) is 0 Å². The Labute approximate surface area is 364 Å². The summed E-state index contributed by atoms with van der Waals surface area (Å²) in [5.41, 5.74) is 15.2. The van der Waals surface area contributed by atoms with Gasteiger partial charge in [0.1, 0.15) is 0 Å². The highest BCUT2D eigenvalue weighted by atomic mass is 15.0. The van der Waals surface area contributed by atoms with Crippen LogP contribution in [0.15, 0.2) is 218 Å². The quantitative estimate of drug-likeness (QED) is 0.161. The maximum atomic E-state index is 5.31. The maximum Gasteiger partial charge on any atom is 0.164 e. The van der Waals surface area contributed by atoms with Crippen LogP contribution in [0.5, 0.6) is 0 Å². The predicted molar refractivity (Wildman–Crippen MR) is 260 cm³/mol. The molecule has 0 saturated heterocycles. The van der Waals surface area contributed by atoms with Crippen molar-refractivity contribution in [3.8, 4) is 67.8 Å². The Morgan fingerprint density at radius 3 is 1.56 bits per heavy atom. The Balaban J connectivity index is 1.10. The third kappa shape index (κ3) is 6.21. The third-order valence-electron chi connectivity index (χ3n) is 12.3. The normalized spacial score (nSPS) is 11.6. The molecule has 9 aromatic carbocycles. The molecule has 0 fully saturated rings. The Kier molecular flexibility index (Phi) is 8.64. The van der Waals surface area contributed by atoms with Crippen molar-refractivity contribution >= 4 is 43.6 Å². The summed E-state index contributed by atoms with van der Waals surface area (Å²) in [6, 6.07) is 77.4.